The Morgan fingerprint density at radius 3 is 2.50 bits per heavy atom. The van der Waals surface area contributed by atoms with Crippen LogP contribution in [-0.4, -0.2) is 12.6 Å². The second-order valence-corrected chi connectivity index (χ2v) is 2.59. The largest absolute Gasteiger partial charge is 0.330 e. The molecule has 2 nitrogen and oxygen atoms in total. The molecule has 0 radical (unpaired) electrons. The summed E-state index contributed by atoms with van der Waals surface area (Å²) in [6.07, 6.45) is 3.63. The maximum absolute atomic E-state index is 5.57. The van der Waals surface area contributed by atoms with Gasteiger partial charge in [0.1, 0.15) is 0 Å². The van der Waals surface area contributed by atoms with E-state index in [1.807, 2.05) is 0 Å². The molecule has 1 aliphatic rings. The van der Waals surface area contributed by atoms with Gasteiger partial charge in [-0.05, 0) is 31.7 Å². The van der Waals surface area contributed by atoms with Crippen LogP contribution in [0.5, 0.6) is 0 Å². The fourth-order valence-electron chi connectivity index (χ4n) is 0.983. The molecule has 1 saturated carbocycles. The molecule has 0 bridgehead atoms. The van der Waals surface area contributed by atoms with Crippen molar-refractivity contribution in [2.75, 3.05) is 6.54 Å². The van der Waals surface area contributed by atoms with Crippen molar-refractivity contribution in [1.29, 1.82) is 0 Å². The molecule has 1 fully saturated rings. The lowest BCUT2D eigenvalue weighted by Crippen LogP contribution is -2.04. The molecule has 0 aliphatic heterocycles. The molecule has 0 aromatic heterocycles. The highest BCUT2D eigenvalue weighted by atomic mass is 14.7. The van der Waals surface area contributed by atoms with Crippen molar-refractivity contribution in [3.63, 3.8) is 0 Å². The van der Waals surface area contributed by atoms with Gasteiger partial charge in [-0.2, -0.15) is 0 Å². The monoisotopic (exact) mass is 114 g/mol. The summed E-state index contributed by atoms with van der Waals surface area (Å²) in [5.74, 6) is 0.818. The molecule has 8 heavy (non-hydrogen) atoms. The topological polar surface area (TPSA) is 52.0 Å². The van der Waals surface area contributed by atoms with E-state index in [1.165, 1.54) is 12.8 Å². The van der Waals surface area contributed by atoms with Gasteiger partial charge >= 0.3 is 0 Å². The van der Waals surface area contributed by atoms with Crippen molar-refractivity contribution in [2.45, 2.75) is 25.3 Å². The van der Waals surface area contributed by atoms with E-state index >= 15 is 0 Å². The second-order valence-electron chi connectivity index (χ2n) is 2.59. The highest BCUT2D eigenvalue weighted by Gasteiger charge is 2.31. The molecule has 48 valence electrons. The molecule has 0 heterocycles. The van der Waals surface area contributed by atoms with Gasteiger partial charge in [-0.15, -0.1) is 0 Å². The van der Waals surface area contributed by atoms with Gasteiger partial charge in [0.25, 0.3) is 0 Å². The summed E-state index contributed by atoms with van der Waals surface area (Å²) in [5.41, 5.74) is 10.9. The predicted octanol–water partition coefficient (Wildman–Crippen LogP) is 0.0725. The van der Waals surface area contributed by atoms with Gasteiger partial charge in [0.15, 0.2) is 0 Å². The van der Waals surface area contributed by atoms with E-state index in [0.717, 1.165) is 18.9 Å². The Labute approximate surface area is 50.2 Å². The van der Waals surface area contributed by atoms with Crippen LogP contribution in [0.25, 0.3) is 0 Å². The van der Waals surface area contributed by atoms with Crippen LogP contribution in [0.15, 0.2) is 0 Å². The molecule has 0 aromatic rings. The van der Waals surface area contributed by atoms with E-state index in [-0.39, 0.29) is 0 Å². The van der Waals surface area contributed by atoms with Gasteiger partial charge in [-0.3, -0.25) is 0 Å². The standard InChI is InChI=1S/C6H14N2/c7-3-1-2-5-4-6(5)8/h5-6H,1-4,7-8H2. The first kappa shape index (κ1) is 6.05. The van der Waals surface area contributed by atoms with Crippen LogP contribution in [0.2, 0.25) is 0 Å². The van der Waals surface area contributed by atoms with Crippen molar-refractivity contribution in [3.8, 4) is 0 Å². The Kier molecular flexibility index (Phi) is 1.86. The SMILES string of the molecule is NCCCC1CC1N. The van der Waals surface area contributed by atoms with Crippen LogP contribution < -0.4 is 11.5 Å². The molecule has 0 saturated heterocycles. The Balaban J connectivity index is 1.89. The lowest BCUT2D eigenvalue weighted by Gasteiger charge is -1.91. The third-order valence-electron chi connectivity index (χ3n) is 1.76. The summed E-state index contributed by atoms with van der Waals surface area (Å²) in [6, 6.07) is 0.515. The van der Waals surface area contributed by atoms with E-state index in [0.29, 0.717) is 6.04 Å². The Hall–Kier alpha value is -0.0800. The van der Waals surface area contributed by atoms with Crippen molar-refractivity contribution < 1.29 is 0 Å². The average molecular weight is 114 g/mol. The zero-order chi connectivity index (χ0) is 5.98. The molecule has 4 N–H and O–H groups in total. The third-order valence-corrected chi connectivity index (χ3v) is 1.76. The molecule has 0 aromatic carbocycles. The molecule has 0 spiro atoms. The summed E-state index contributed by atoms with van der Waals surface area (Å²) in [6.45, 7) is 0.823. The fourth-order valence-corrected chi connectivity index (χ4v) is 0.983. The summed E-state index contributed by atoms with van der Waals surface area (Å²) in [5, 5.41) is 0. The fraction of sp³-hybridized carbons (Fsp3) is 1.00. The second kappa shape index (κ2) is 2.46. The molecule has 2 heteroatoms. The van der Waals surface area contributed by atoms with Crippen molar-refractivity contribution in [2.24, 2.45) is 17.4 Å². The van der Waals surface area contributed by atoms with Crippen LogP contribution in [0.1, 0.15) is 19.3 Å². The minimum atomic E-state index is 0.515. The molecule has 1 aliphatic carbocycles. The number of nitrogens with two attached hydrogens (primary N) is 2. The number of rotatable bonds is 3. The van der Waals surface area contributed by atoms with E-state index in [9.17, 15) is 0 Å². The quantitative estimate of drug-likeness (QED) is 0.545. The highest BCUT2D eigenvalue weighted by molar-refractivity contribution is 4.89. The Morgan fingerprint density at radius 2 is 2.12 bits per heavy atom. The molecule has 0 amide bonds. The number of hydrogen-bond acceptors (Lipinski definition) is 2. The molecule has 2 unspecified atom stereocenters. The van der Waals surface area contributed by atoms with Crippen LogP contribution in [-0.2, 0) is 0 Å². The molecule has 2 atom stereocenters. The summed E-state index contributed by atoms with van der Waals surface area (Å²) in [7, 11) is 0. The molecular formula is C6H14N2. The highest BCUT2D eigenvalue weighted by Crippen LogP contribution is 2.31. The zero-order valence-electron chi connectivity index (χ0n) is 5.14. The first-order chi connectivity index (χ1) is 3.84. The van der Waals surface area contributed by atoms with E-state index in [1.54, 1.807) is 0 Å². The first-order valence-corrected chi connectivity index (χ1v) is 3.30. The van der Waals surface area contributed by atoms with Gasteiger partial charge < -0.3 is 11.5 Å². The predicted molar refractivity (Wildman–Crippen MR) is 34.4 cm³/mol. The summed E-state index contributed by atoms with van der Waals surface area (Å²) >= 11 is 0. The van der Waals surface area contributed by atoms with Crippen molar-refractivity contribution in [1.82, 2.24) is 0 Å². The first-order valence-electron chi connectivity index (χ1n) is 3.30. The van der Waals surface area contributed by atoms with Crippen LogP contribution >= 0.6 is 0 Å². The lowest BCUT2D eigenvalue weighted by molar-refractivity contribution is 0.656. The van der Waals surface area contributed by atoms with Gasteiger partial charge in [0, 0.05) is 6.04 Å². The van der Waals surface area contributed by atoms with Crippen LogP contribution in [0.3, 0.4) is 0 Å². The normalized spacial score (nSPS) is 35.2. The maximum Gasteiger partial charge on any atom is 0.00709 e. The van der Waals surface area contributed by atoms with Gasteiger partial charge in [0.2, 0.25) is 0 Å². The lowest BCUT2D eigenvalue weighted by atomic mass is 10.2. The Bertz CT molecular complexity index is 72.9. The van der Waals surface area contributed by atoms with E-state index < -0.39 is 0 Å². The zero-order valence-corrected chi connectivity index (χ0v) is 5.14. The summed E-state index contributed by atoms with van der Waals surface area (Å²) < 4.78 is 0. The minimum absolute atomic E-state index is 0.515. The van der Waals surface area contributed by atoms with Crippen LogP contribution in [0.4, 0.5) is 0 Å². The van der Waals surface area contributed by atoms with Crippen LogP contribution in [0, 0.1) is 5.92 Å². The van der Waals surface area contributed by atoms with E-state index in [4.69, 9.17) is 11.5 Å². The van der Waals surface area contributed by atoms with Gasteiger partial charge in [-0.1, -0.05) is 0 Å². The van der Waals surface area contributed by atoms with Gasteiger partial charge in [-0.25, -0.2) is 0 Å². The smallest absolute Gasteiger partial charge is 0.00709 e. The van der Waals surface area contributed by atoms with E-state index in [2.05, 4.69) is 0 Å². The molecule has 1 rings (SSSR count). The number of hydrogen-bond donors (Lipinski definition) is 2. The minimum Gasteiger partial charge on any atom is -0.330 e. The summed E-state index contributed by atoms with van der Waals surface area (Å²) in [4.78, 5) is 0. The molecular weight excluding hydrogens is 100 g/mol. The third kappa shape index (κ3) is 1.46. The van der Waals surface area contributed by atoms with Crippen molar-refractivity contribution >= 4 is 0 Å². The Morgan fingerprint density at radius 1 is 1.50 bits per heavy atom. The maximum atomic E-state index is 5.57. The van der Waals surface area contributed by atoms with Crippen molar-refractivity contribution in [3.05, 3.63) is 0 Å². The average Bonchev–Trinajstić information content (AvgIpc) is 2.42. The van der Waals surface area contributed by atoms with Gasteiger partial charge in [0.05, 0.1) is 0 Å².